The summed E-state index contributed by atoms with van der Waals surface area (Å²) >= 11 is 5.39. The molecule has 1 saturated heterocycles. The van der Waals surface area contributed by atoms with Gasteiger partial charge < -0.3 is 21.1 Å². The van der Waals surface area contributed by atoms with Gasteiger partial charge in [-0.25, -0.2) is 0 Å². The molecule has 0 amide bonds. The van der Waals surface area contributed by atoms with Crippen molar-refractivity contribution in [2.75, 3.05) is 19.8 Å². The zero-order valence-corrected chi connectivity index (χ0v) is 7.57. The van der Waals surface area contributed by atoms with E-state index >= 15 is 0 Å². The standard InChI is InChI=1S/C4H6ClO2.Na/c5-4-3-6-1-2-7-4;/h1-3H2;/q-1;+1. The summed E-state index contributed by atoms with van der Waals surface area (Å²) in [6.45, 7) is 1.70. The van der Waals surface area contributed by atoms with Crippen molar-refractivity contribution in [3.63, 3.8) is 0 Å². The van der Waals surface area contributed by atoms with Crippen LogP contribution in [0.25, 0.3) is 0 Å². The smallest absolute Gasteiger partial charge is 0.530 e. The number of rotatable bonds is 0. The first-order chi connectivity index (χ1) is 3.39. The summed E-state index contributed by atoms with van der Waals surface area (Å²) in [6.07, 6.45) is 0. The molecule has 0 aliphatic carbocycles. The van der Waals surface area contributed by atoms with E-state index in [4.69, 9.17) is 21.1 Å². The molecule has 8 heavy (non-hydrogen) atoms. The zero-order chi connectivity index (χ0) is 5.11. The van der Waals surface area contributed by atoms with Gasteiger partial charge in [0.25, 0.3) is 0 Å². The maximum absolute atomic E-state index is 5.39. The second-order valence-corrected chi connectivity index (χ2v) is 1.68. The first kappa shape index (κ1) is 9.21. The first-order valence-electron chi connectivity index (χ1n) is 2.11. The van der Waals surface area contributed by atoms with E-state index in [0.29, 0.717) is 25.4 Å². The van der Waals surface area contributed by atoms with Gasteiger partial charge in [0.05, 0.1) is 6.61 Å². The number of halogens is 1. The molecule has 1 fully saturated rings. The summed E-state index contributed by atoms with van der Waals surface area (Å²) in [5.41, 5.74) is 0.464. The fraction of sp³-hybridized carbons (Fsp3) is 0.750. The minimum Gasteiger partial charge on any atom is -0.530 e. The maximum Gasteiger partial charge on any atom is 1.00 e. The third-order valence-corrected chi connectivity index (χ3v) is 0.920. The van der Waals surface area contributed by atoms with Gasteiger partial charge in [-0.1, -0.05) is 5.56 Å². The Kier molecular flexibility index (Phi) is 5.79. The molecule has 0 radical (unpaired) electrons. The van der Waals surface area contributed by atoms with E-state index in [1.54, 1.807) is 0 Å². The van der Waals surface area contributed by atoms with Crippen molar-refractivity contribution in [3.8, 4) is 0 Å². The van der Waals surface area contributed by atoms with Gasteiger partial charge in [-0.05, 0) is 6.61 Å². The molecule has 0 aromatic carbocycles. The normalized spacial score (nSPS) is 22.1. The van der Waals surface area contributed by atoms with Crippen LogP contribution >= 0.6 is 11.6 Å². The Morgan fingerprint density at radius 3 is 2.38 bits per heavy atom. The van der Waals surface area contributed by atoms with Crippen LogP contribution in [0.3, 0.4) is 0 Å². The summed E-state index contributed by atoms with van der Waals surface area (Å²) in [7, 11) is 0. The summed E-state index contributed by atoms with van der Waals surface area (Å²) in [5.74, 6) is 0. The second-order valence-electron chi connectivity index (χ2n) is 1.26. The molecule has 0 atom stereocenters. The Bertz CT molecular complexity index is 56.0. The van der Waals surface area contributed by atoms with Crippen LogP contribution < -0.4 is 29.6 Å². The van der Waals surface area contributed by atoms with Crippen molar-refractivity contribution < 1.29 is 39.0 Å². The van der Waals surface area contributed by atoms with Crippen molar-refractivity contribution >= 4 is 11.6 Å². The Balaban J connectivity index is 0.000000490. The second kappa shape index (κ2) is 5.03. The maximum atomic E-state index is 5.39. The molecule has 1 aliphatic rings. The largest absolute Gasteiger partial charge is 1.00 e. The van der Waals surface area contributed by atoms with Crippen LogP contribution in [0, 0.1) is 5.56 Å². The monoisotopic (exact) mass is 144 g/mol. The molecule has 1 aliphatic heterocycles. The summed E-state index contributed by atoms with van der Waals surface area (Å²) in [4.78, 5) is 0. The van der Waals surface area contributed by atoms with E-state index in [2.05, 4.69) is 0 Å². The van der Waals surface area contributed by atoms with Gasteiger partial charge in [0, 0.05) is 6.61 Å². The number of hydrogen-bond donors (Lipinski definition) is 0. The molecule has 42 valence electrons. The molecule has 0 spiro atoms. The molecule has 4 heteroatoms. The topological polar surface area (TPSA) is 18.5 Å². The van der Waals surface area contributed by atoms with Crippen molar-refractivity contribution in [1.29, 1.82) is 0 Å². The molecule has 0 N–H and O–H groups in total. The average molecular weight is 145 g/mol. The molecule has 2 nitrogen and oxygen atoms in total. The van der Waals surface area contributed by atoms with Crippen LogP contribution in [0.2, 0.25) is 0 Å². The van der Waals surface area contributed by atoms with Crippen molar-refractivity contribution in [2.45, 2.75) is 0 Å². The average Bonchev–Trinajstić information content (AvgIpc) is 1.69. The Morgan fingerprint density at radius 2 is 2.12 bits per heavy atom. The van der Waals surface area contributed by atoms with Crippen molar-refractivity contribution in [1.82, 2.24) is 0 Å². The van der Waals surface area contributed by atoms with Crippen molar-refractivity contribution in [2.24, 2.45) is 0 Å². The summed E-state index contributed by atoms with van der Waals surface area (Å²) in [6, 6.07) is 0. The van der Waals surface area contributed by atoms with Gasteiger partial charge in [-0.15, -0.1) is 0 Å². The van der Waals surface area contributed by atoms with Gasteiger partial charge in [-0.2, -0.15) is 0 Å². The fourth-order valence-corrected chi connectivity index (χ4v) is 0.560. The molecule has 0 aromatic rings. The van der Waals surface area contributed by atoms with Crippen LogP contribution in [0.4, 0.5) is 0 Å². The van der Waals surface area contributed by atoms with E-state index in [1.807, 2.05) is 0 Å². The van der Waals surface area contributed by atoms with Crippen LogP contribution in [0.15, 0.2) is 0 Å². The molecular weight excluding hydrogens is 138 g/mol. The van der Waals surface area contributed by atoms with E-state index in [9.17, 15) is 0 Å². The predicted molar refractivity (Wildman–Crippen MR) is 25.9 cm³/mol. The van der Waals surface area contributed by atoms with E-state index in [1.165, 1.54) is 0 Å². The number of ether oxygens (including phenoxy) is 2. The van der Waals surface area contributed by atoms with Gasteiger partial charge in [0.1, 0.15) is 0 Å². The van der Waals surface area contributed by atoms with Crippen molar-refractivity contribution in [3.05, 3.63) is 5.56 Å². The molecule has 0 saturated carbocycles. The molecule has 0 aromatic heterocycles. The van der Waals surface area contributed by atoms with Gasteiger partial charge in [0.15, 0.2) is 0 Å². The quantitative estimate of drug-likeness (QED) is 0.283. The Morgan fingerprint density at radius 1 is 1.38 bits per heavy atom. The molecular formula is C4H6ClNaO2. The molecule has 0 unspecified atom stereocenters. The van der Waals surface area contributed by atoms with Gasteiger partial charge in [0.2, 0.25) is 0 Å². The van der Waals surface area contributed by atoms with Crippen LogP contribution in [-0.2, 0) is 9.47 Å². The van der Waals surface area contributed by atoms with Crippen LogP contribution in [0.1, 0.15) is 0 Å². The fourth-order valence-electron chi connectivity index (χ4n) is 0.405. The van der Waals surface area contributed by atoms with E-state index in [-0.39, 0.29) is 29.6 Å². The van der Waals surface area contributed by atoms with E-state index < -0.39 is 0 Å². The molecule has 1 heterocycles. The Labute approximate surface area is 75.8 Å². The number of hydrogen-bond acceptors (Lipinski definition) is 2. The van der Waals surface area contributed by atoms with Crippen LogP contribution in [-0.4, -0.2) is 19.8 Å². The molecule has 1 rings (SSSR count). The predicted octanol–water partition coefficient (Wildman–Crippen LogP) is -2.23. The van der Waals surface area contributed by atoms with Crippen LogP contribution in [0.5, 0.6) is 0 Å². The third kappa shape index (κ3) is 3.28. The Hall–Kier alpha value is 1.21. The minimum atomic E-state index is 0. The van der Waals surface area contributed by atoms with Gasteiger partial charge >= 0.3 is 29.6 Å². The minimum absolute atomic E-state index is 0. The summed E-state index contributed by atoms with van der Waals surface area (Å²) in [5, 5.41) is 0. The molecule has 0 bridgehead atoms. The van der Waals surface area contributed by atoms with Gasteiger partial charge in [-0.3, -0.25) is 0 Å². The summed E-state index contributed by atoms with van der Waals surface area (Å²) < 4.78 is 9.72. The first-order valence-corrected chi connectivity index (χ1v) is 2.49. The zero-order valence-electron chi connectivity index (χ0n) is 4.82. The third-order valence-electron chi connectivity index (χ3n) is 0.702. The van der Waals surface area contributed by atoms with E-state index in [0.717, 1.165) is 0 Å². The SMILES string of the molecule is Cl[C-]1COCCO1.[Na+].